The number of alkyl halides is 3. The van der Waals surface area contributed by atoms with Crippen LogP contribution in [-0.4, -0.2) is 43.9 Å². The van der Waals surface area contributed by atoms with Gasteiger partial charge >= 0.3 is 21.6 Å². The zero-order valence-electron chi connectivity index (χ0n) is 18.4. The number of rotatable bonds is 8. The van der Waals surface area contributed by atoms with Gasteiger partial charge in [0, 0.05) is 13.1 Å². The van der Waals surface area contributed by atoms with Crippen LogP contribution < -0.4 is 4.18 Å². The number of hydrogen-bond acceptors (Lipinski definition) is 6. The van der Waals surface area contributed by atoms with Gasteiger partial charge in [-0.2, -0.15) is 21.6 Å². The molecular formula is C23H24F3NO6S. The zero-order valence-corrected chi connectivity index (χ0v) is 19.2. The molecule has 0 aliphatic carbocycles. The van der Waals surface area contributed by atoms with Crippen LogP contribution in [0.15, 0.2) is 48.5 Å². The van der Waals surface area contributed by atoms with E-state index in [9.17, 15) is 31.2 Å². The highest BCUT2D eigenvalue weighted by Crippen LogP contribution is 2.31. The highest BCUT2D eigenvalue weighted by molar-refractivity contribution is 7.88. The second kappa shape index (κ2) is 10.5. The number of benzene rings is 2. The minimum Gasteiger partial charge on any atom is -0.466 e. The van der Waals surface area contributed by atoms with Crippen LogP contribution in [0.5, 0.6) is 5.75 Å². The van der Waals surface area contributed by atoms with Crippen molar-refractivity contribution in [1.82, 2.24) is 4.90 Å². The molecule has 7 nitrogen and oxygen atoms in total. The number of amides is 1. The van der Waals surface area contributed by atoms with Gasteiger partial charge in [0.1, 0.15) is 5.75 Å². The summed E-state index contributed by atoms with van der Waals surface area (Å²) in [6, 6.07) is 13.2. The third-order valence-corrected chi connectivity index (χ3v) is 6.37. The topological polar surface area (TPSA) is 90.0 Å². The third kappa shape index (κ3) is 6.28. The first-order valence-electron chi connectivity index (χ1n) is 10.6. The molecule has 3 rings (SSSR count). The highest BCUT2D eigenvalue weighted by Gasteiger charge is 2.48. The number of fused-ring (bicyclic) bond motifs is 1. The Balaban J connectivity index is 1.88. The van der Waals surface area contributed by atoms with Crippen molar-refractivity contribution in [1.29, 1.82) is 0 Å². The average Bonchev–Trinajstić information content (AvgIpc) is 2.88. The first-order valence-corrected chi connectivity index (χ1v) is 12.0. The summed E-state index contributed by atoms with van der Waals surface area (Å²) in [5.41, 5.74) is -3.50. The van der Waals surface area contributed by atoms with Crippen LogP contribution in [0.1, 0.15) is 30.0 Å². The van der Waals surface area contributed by atoms with E-state index >= 15 is 0 Å². The van der Waals surface area contributed by atoms with Gasteiger partial charge in [-0.15, -0.1) is 0 Å². The van der Waals surface area contributed by atoms with Crippen LogP contribution in [0.25, 0.3) is 0 Å². The lowest BCUT2D eigenvalue weighted by Crippen LogP contribution is -2.37. The van der Waals surface area contributed by atoms with E-state index in [1.54, 1.807) is 11.8 Å². The Bertz CT molecular complexity index is 1140. The molecule has 1 atom stereocenters. The second-order valence-corrected chi connectivity index (χ2v) is 9.36. The molecule has 1 aliphatic heterocycles. The van der Waals surface area contributed by atoms with E-state index in [0.29, 0.717) is 24.1 Å². The minimum atomic E-state index is -5.84. The molecule has 0 aromatic heterocycles. The maximum Gasteiger partial charge on any atom is 0.534 e. The maximum absolute atomic E-state index is 13.3. The molecule has 34 heavy (non-hydrogen) atoms. The number of carbonyl (C=O) groups excluding carboxylic acids is 2. The molecule has 0 N–H and O–H groups in total. The first-order chi connectivity index (χ1) is 16.0. The molecule has 0 spiro atoms. The van der Waals surface area contributed by atoms with E-state index in [-0.39, 0.29) is 31.9 Å². The van der Waals surface area contributed by atoms with Gasteiger partial charge < -0.3 is 13.8 Å². The van der Waals surface area contributed by atoms with Gasteiger partial charge in [0.15, 0.2) is 0 Å². The molecular weight excluding hydrogens is 475 g/mol. The molecule has 0 fully saturated rings. The van der Waals surface area contributed by atoms with Crippen molar-refractivity contribution in [2.45, 2.75) is 38.2 Å². The number of ether oxygens (including phenoxy) is 1. The van der Waals surface area contributed by atoms with Crippen molar-refractivity contribution in [2.75, 3.05) is 13.2 Å². The van der Waals surface area contributed by atoms with Crippen molar-refractivity contribution >= 4 is 22.0 Å². The number of esters is 1. The Morgan fingerprint density at radius 3 is 2.47 bits per heavy atom. The molecule has 0 saturated carbocycles. The Kier molecular flexibility index (Phi) is 7.86. The van der Waals surface area contributed by atoms with Crippen LogP contribution in [0, 0.1) is 5.92 Å². The summed E-state index contributed by atoms with van der Waals surface area (Å²) in [5.74, 6) is -2.19. The summed E-state index contributed by atoms with van der Waals surface area (Å²) in [5, 5.41) is 0. The van der Waals surface area contributed by atoms with Crippen LogP contribution in [-0.2, 0) is 43.8 Å². The standard InChI is InChI=1S/C23H24F3NO6S/c1-2-32-21(28)14-19-12-18-13-20(33-34(30,31)23(24,25)26)9-8-17(18)15-27(22(19)29)11-10-16-6-4-3-5-7-16/h3-9,13,19H,2,10-12,14-15H2,1H3. The fourth-order valence-electron chi connectivity index (χ4n) is 3.75. The molecule has 0 radical (unpaired) electrons. The van der Waals surface area contributed by atoms with Crippen LogP contribution in [0.3, 0.4) is 0 Å². The Hall–Kier alpha value is -3.08. The zero-order chi connectivity index (χ0) is 24.9. The third-order valence-electron chi connectivity index (χ3n) is 5.39. The lowest BCUT2D eigenvalue weighted by atomic mass is 9.94. The molecule has 11 heteroatoms. The second-order valence-electron chi connectivity index (χ2n) is 7.82. The fourth-order valence-corrected chi connectivity index (χ4v) is 4.20. The van der Waals surface area contributed by atoms with Crippen LogP contribution in [0.2, 0.25) is 0 Å². The minimum absolute atomic E-state index is 0.0259. The summed E-state index contributed by atoms with van der Waals surface area (Å²) in [4.78, 5) is 27.0. The molecule has 1 heterocycles. The average molecular weight is 500 g/mol. The molecule has 1 unspecified atom stereocenters. The normalized spacial score (nSPS) is 16.5. The summed E-state index contributed by atoms with van der Waals surface area (Å²) >= 11 is 0. The molecule has 1 aliphatic rings. The predicted molar refractivity (Wildman–Crippen MR) is 116 cm³/mol. The van der Waals surface area contributed by atoms with E-state index < -0.39 is 33.3 Å². The van der Waals surface area contributed by atoms with E-state index in [1.165, 1.54) is 12.1 Å². The predicted octanol–water partition coefficient (Wildman–Crippen LogP) is 3.61. The van der Waals surface area contributed by atoms with Gasteiger partial charge in [-0.05, 0) is 48.6 Å². The summed E-state index contributed by atoms with van der Waals surface area (Å²) in [6.45, 7) is 2.30. The summed E-state index contributed by atoms with van der Waals surface area (Å²) in [7, 11) is -5.84. The quantitative estimate of drug-likeness (QED) is 0.313. The van der Waals surface area contributed by atoms with E-state index in [0.717, 1.165) is 11.6 Å². The fraction of sp³-hybridized carbons (Fsp3) is 0.391. The largest absolute Gasteiger partial charge is 0.534 e. The Morgan fingerprint density at radius 1 is 1.12 bits per heavy atom. The SMILES string of the molecule is CCOC(=O)CC1Cc2cc(OS(=O)(=O)C(F)(F)F)ccc2CN(CCc2ccccc2)C1=O. The molecule has 2 aromatic rings. The Morgan fingerprint density at radius 2 is 1.82 bits per heavy atom. The van der Waals surface area contributed by atoms with Crippen molar-refractivity contribution in [3.63, 3.8) is 0 Å². The molecule has 0 bridgehead atoms. The smallest absolute Gasteiger partial charge is 0.466 e. The lowest BCUT2D eigenvalue weighted by molar-refractivity contribution is -0.148. The van der Waals surface area contributed by atoms with Gasteiger partial charge in [0.2, 0.25) is 5.91 Å². The van der Waals surface area contributed by atoms with E-state index in [4.69, 9.17) is 4.74 Å². The van der Waals surface area contributed by atoms with E-state index in [1.807, 2.05) is 30.3 Å². The van der Waals surface area contributed by atoms with Crippen molar-refractivity contribution in [2.24, 2.45) is 5.92 Å². The van der Waals surface area contributed by atoms with Crippen LogP contribution in [0.4, 0.5) is 13.2 Å². The van der Waals surface area contributed by atoms with Crippen molar-refractivity contribution in [3.8, 4) is 5.75 Å². The summed E-state index contributed by atoms with van der Waals surface area (Å²) < 4.78 is 70.1. The molecule has 0 saturated heterocycles. The van der Waals surface area contributed by atoms with Crippen LogP contribution >= 0.6 is 0 Å². The van der Waals surface area contributed by atoms with Gasteiger partial charge in [-0.25, -0.2) is 0 Å². The molecule has 1 amide bonds. The number of carbonyl (C=O) groups is 2. The maximum atomic E-state index is 13.3. The molecule has 184 valence electrons. The van der Waals surface area contributed by atoms with Gasteiger partial charge in [-0.1, -0.05) is 36.4 Å². The van der Waals surface area contributed by atoms with E-state index in [2.05, 4.69) is 4.18 Å². The highest BCUT2D eigenvalue weighted by atomic mass is 32.2. The Labute approximate surface area is 195 Å². The first kappa shape index (κ1) is 25.5. The summed E-state index contributed by atoms with van der Waals surface area (Å²) in [6.07, 6.45) is 0.386. The molecule has 2 aromatic carbocycles. The number of nitrogens with zero attached hydrogens (tertiary/aromatic N) is 1. The van der Waals surface area contributed by atoms with Gasteiger partial charge in [0.05, 0.1) is 18.9 Å². The van der Waals surface area contributed by atoms with Gasteiger partial charge in [-0.3, -0.25) is 9.59 Å². The monoisotopic (exact) mass is 499 g/mol. The van der Waals surface area contributed by atoms with Crippen molar-refractivity contribution in [3.05, 3.63) is 65.2 Å². The van der Waals surface area contributed by atoms with Crippen molar-refractivity contribution < 1.29 is 40.1 Å². The van der Waals surface area contributed by atoms with Gasteiger partial charge in [0.25, 0.3) is 0 Å². The number of halogens is 3. The number of hydrogen-bond donors (Lipinski definition) is 0. The lowest BCUT2D eigenvalue weighted by Gasteiger charge is -2.24.